The molecule has 0 aliphatic heterocycles. The molecule has 102 valence electrons. The summed E-state index contributed by atoms with van der Waals surface area (Å²) in [4.78, 5) is 23.3. The molecule has 2 amide bonds. The highest BCUT2D eigenvalue weighted by Gasteiger charge is 2.10. The van der Waals surface area contributed by atoms with Gasteiger partial charge in [-0.05, 0) is 58.7 Å². The van der Waals surface area contributed by atoms with Crippen molar-refractivity contribution in [3.63, 3.8) is 0 Å². The van der Waals surface area contributed by atoms with Gasteiger partial charge in [0.2, 0.25) is 5.91 Å². The first-order chi connectivity index (χ1) is 9.47. The fourth-order valence-corrected chi connectivity index (χ4v) is 2.09. The number of carbonyl (C=O) groups is 2. The van der Waals surface area contributed by atoms with Crippen molar-refractivity contribution in [2.75, 3.05) is 5.32 Å². The molecule has 0 fully saturated rings. The van der Waals surface area contributed by atoms with Gasteiger partial charge in [0.1, 0.15) is 0 Å². The van der Waals surface area contributed by atoms with E-state index in [9.17, 15) is 9.59 Å². The summed E-state index contributed by atoms with van der Waals surface area (Å²) in [5.41, 5.74) is 7.61. The van der Waals surface area contributed by atoms with Crippen LogP contribution in [0.2, 0.25) is 0 Å². The number of carbonyl (C=O) groups excluding carboxylic acids is 2. The van der Waals surface area contributed by atoms with Crippen LogP contribution in [0.4, 0.5) is 5.69 Å². The Morgan fingerprint density at radius 3 is 2.50 bits per heavy atom. The zero-order chi connectivity index (χ0) is 14.7. The Bertz CT molecular complexity index is 683. The predicted octanol–water partition coefficient (Wildman–Crippen LogP) is 3.11. The molecular weight excluding hydrogens is 320 g/mol. The molecule has 0 unspecified atom stereocenters. The second kappa shape index (κ2) is 5.88. The van der Waals surface area contributed by atoms with Crippen molar-refractivity contribution in [1.29, 1.82) is 0 Å². The average Bonchev–Trinajstić information content (AvgIpc) is 2.43. The lowest BCUT2D eigenvalue weighted by atomic mass is 10.1. The fourth-order valence-electron chi connectivity index (χ4n) is 1.74. The molecule has 0 saturated carbocycles. The maximum atomic E-state index is 12.2. The Morgan fingerprint density at radius 1 is 1.10 bits per heavy atom. The van der Waals surface area contributed by atoms with Gasteiger partial charge in [0.05, 0.1) is 5.69 Å². The molecule has 5 heteroatoms. The van der Waals surface area contributed by atoms with Crippen LogP contribution < -0.4 is 11.1 Å². The number of hydrogen-bond donors (Lipinski definition) is 2. The number of halogens is 1. The molecule has 0 radical (unpaired) electrons. The molecule has 3 N–H and O–H groups in total. The van der Waals surface area contributed by atoms with Gasteiger partial charge in [0.25, 0.3) is 5.91 Å². The minimum Gasteiger partial charge on any atom is -0.366 e. The summed E-state index contributed by atoms with van der Waals surface area (Å²) in [5.74, 6) is -0.851. The molecule has 0 heterocycles. The number of nitrogens with one attached hydrogen (secondary N) is 1. The first-order valence-corrected chi connectivity index (χ1v) is 6.74. The summed E-state index contributed by atoms with van der Waals surface area (Å²) in [5, 5.41) is 2.80. The molecule has 2 aromatic carbocycles. The van der Waals surface area contributed by atoms with E-state index in [2.05, 4.69) is 21.2 Å². The van der Waals surface area contributed by atoms with E-state index in [0.29, 0.717) is 16.8 Å². The van der Waals surface area contributed by atoms with Crippen molar-refractivity contribution in [2.24, 2.45) is 5.73 Å². The van der Waals surface area contributed by atoms with Gasteiger partial charge >= 0.3 is 0 Å². The van der Waals surface area contributed by atoms with E-state index in [0.717, 1.165) is 10.0 Å². The topological polar surface area (TPSA) is 72.2 Å². The van der Waals surface area contributed by atoms with Crippen molar-refractivity contribution in [3.8, 4) is 0 Å². The average molecular weight is 333 g/mol. The molecule has 0 atom stereocenters. The van der Waals surface area contributed by atoms with Gasteiger partial charge in [0, 0.05) is 15.6 Å². The molecule has 0 spiro atoms. The van der Waals surface area contributed by atoms with Crippen LogP contribution >= 0.6 is 15.9 Å². The van der Waals surface area contributed by atoms with Crippen molar-refractivity contribution in [1.82, 2.24) is 0 Å². The van der Waals surface area contributed by atoms with E-state index in [4.69, 9.17) is 5.73 Å². The third-order valence-electron chi connectivity index (χ3n) is 2.78. The van der Waals surface area contributed by atoms with Crippen LogP contribution in [0.25, 0.3) is 0 Å². The van der Waals surface area contributed by atoms with Crippen molar-refractivity contribution in [2.45, 2.75) is 6.92 Å². The van der Waals surface area contributed by atoms with E-state index < -0.39 is 5.91 Å². The number of nitrogens with two attached hydrogens (primary N) is 1. The fraction of sp³-hybridized carbons (Fsp3) is 0.0667. The van der Waals surface area contributed by atoms with E-state index in [1.54, 1.807) is 18.2 Å². The summed E-state index contributed by atoms with van der Waals surface area (Å²) in [7, 11) is 0. The maximum Gasteiger partial charge on any atom is 0.255 e. The highest BCUT2D eigenvalue weighted by atomic mass is 79.9. The van der Waals surface area contributed by atoms with E-state index in [1.165, 1.54) is 6.07 Å². The number of amides is 2. The second-order valence-electron chi connectivity index (χ2n) is 4.38. The van der Waals surface area contributed by atoms with Crippen LogP contribution in [0.15, 0.2) is 46.9 Å². The van der Waals surface area contributed by atoms with Gasteiger partial charge < -0.3 is 11.1 Å². The van der Waals surface area contributed by atoms with Crippen LogP contribution in [-0.2, 0) is 0 Å². The monoisotopic (exact) mass is 332 g/mol. The Kier molecular flexibility index (Phi) is 4.20. The Morgan fingerprint density at radius 2 is 1.80 bits per heavy atom. The smallest absolute Gasteiger partial charge is 0.255 e. The first kappa shape index (κ1) is 14.3. The summed E-state index contributed by atoms with van der Waals surface area (Å²) in [6.07, 6.45) is 0. The van der Waals surface area contributed by atoms with E-state index in [-0.39, 0.29) is 5.91 Å². The third kappa shape index (κ3) is 3.24. The highest BCUT2D eigenvalue weighted by molar-refractivity contribution is 9.10. The van der Waals surface area contributed by atoms with Crippen LogP contribution in [0.1, 0.15) is 26.3 Å². The van der Waals surface area contributed by atoms with Crippen molar-refractivity contribution >= 4 is 33.4 Å². The molecule has 20 heavy (non-hydrogen) atoms. The van der Waals surface area contributed by atoms with Crippen LogP contribution in [0.3, 0.4) is 0 Å². The molecule has 2 aromatic rings. The van der Waals surface area contributed by atoms with Gasteiger partial charge in [-0.3, -0.25) is 9.59 Å². The zero-order valence-corrected chi connectivity index (χ0v) is 12.4. The Labute approximate surface area is 125 Å². The molecule has 0 aliphatic rings. The number of benzene rings is 2. The number of hydrogen-bond acceptors (Lipinski definition) is 2. The van der Waals surface area contributed by atoms with Gasteiger partial charge in [-0.25, -0.2) is 0 Å². The summed E-state index contributed by atoms with van der Waals surface area (Å²) < 4.78 is 0.794. The van der Waals surface area contributed by atoms with Gasteiger partial charge in [-0.1, -0.05) is 12.1 Å². The second-order valence-corrected chi connectivity index (χ2v) is 5.24. The number of aryl methyl sites for hydroxylation is 1. The van der Waals surface area contributed by atoms with Crippen LogP contribution in [-0.4, -0.2) is 11.8 Å². The molecule has 0 saturated heterocycles. The quantitative estimate of drug-likeness (QED) is 0.906. The maximum absolute atomic E-state index is 12.2. The predicted molar refractivity (Wildman–Crippen MR) is 81.8 cm³/mol. The number of anilines is 1. The molecule has 0 bridgehead atoms. The van der Waals surface area contributed by atoms with Crippen LogP contribution in [0.5, 0.6) is 0 Å². The van der Waals surface area contributed by atoms with Gasteiger partial charge in [-0.2, -0.15) is 0 Å². The Hall–Kier alpha value is -2.14. The zero-order valence-electron chi connectivity index (χ0n) is 10.8. The molecule has 4 nitrogen and oxygen atoms in total. The first-order valence-electron chi connectivity index (χ1n) is 5.95. The summed E-state index contributed by atoms with van der Waals surface area (Å²) in [6.45, 7) is 1.94. The number of rotatable bonds is 3. The highest BCUT2D eigenvalue weighted by Crippen LogP contribution is 2.24. The van der Waals surface area contributed by atoms with Gasteiger partial charge in [0.15, 0.2) is 0 Å². The van der Waals surface area contributed by atoms with E-state index >= 15 is 0 Å². The minimum atomic E-state index is -0.559. The molecule has 0 aliphatic carbocycles. The molecule has 0 aromatic heterocycles. The summed E-state index contributed by atoms with van der Waals surface area (Å²) in [6, 6.07) is 12.0. The standard InChI is InChI=1S/C15H13BrN2O2/c1-9-5-6-12(16)13(7-9)18-15(20)11-4-2-3-10(8-11)14(17)19/h2-8H,1H3,(H2,17,19)(H,18,20). The summed E-state index contributed by atoms with van der Waals surface area (Å²) >= 11 is 3.38. The molecular formula is C15H13BrN2O2. The lowest BCUT2D eigenvalue weighted by Gasteiger charge is -2.09. The minimum absolute atomic E-state index is 0.292. The van der Waals surface area contributed by atoms with E-state index in [1.807, 2.05) is 25.1 Å². The SMILES string of the molecule is Cc1ccc(Br)c(NC(=O)c2cccc(C(N)=O)c2)c1. The van der Waals surface area contributed by atoms with Gasteiger partial charge in [-0.15, -0.1) is 0 Å². The third-order valence-corrected chi connectivity index (χ3v) is 3.47. The Balaban J connectivity index is 2.26. The molecule has 2 rings (SSSR count). The largest absolute Gasteiger partial charge is 0.366 e. The van der Waals surface area contributed by atoms with Crippen molar-refractivity contribution < 1.29 is 9.59 Å². The number of primary amides is 1. The lowest BCUT2D eigenvalue weighted by Crippen LogP contribution is -2.15. The normalized spacial score (nSPS) is 10.1. The van der Waals surface area contributed by atoms with Crippen molar-refractivity contribution in [3.05, 3.63) is 63.6 Å². The lowest BCUT2D eigenvalue weighted by molar-refractivity contribution is 0.1000. The van der Waals surface area contributed by atoms with Crippen LogP contribution in [0, 0.1) is 6.92 Å².